The van der Waals surface area contributed by atoms with E-state index in [1.165, 1.54) is 0 Å². The van der Waals surface area contributed by atoms with E-state index in [-0.39, 0.29) is 12.0 Å². The summed E-state index contributed by atoms with van der Waals surface area (Å²) in [5.41, 5.74) is 1.17. The zero-order chi connectivity index (χ0) is 17.8. The minimum atomic E-state index is -0.334. The number of carbonyl (C=O) groups is 2. The van der Waals surface area contributed by atoms with Crippen molar-refractivity contribution in [3.05, 3.63) is 35.7 Å². The lowest BCUT2D eigenvalue weighted by Crippen LogP contribution is -2.50. The summed E-state index contributed by atoms with van der Waals surface area (Å²) in [7, 11) is 0. The molecule has 3 rings (SSSR count). The van der Waals surface area contributed by atoms with Crippen LogP contribution in [0.2, 0.25) is 0 Å². The molecule has 0 aliphatic carbocycles. The molecule has 0 spiro atoms. The van der Waals surface area contributed by atoms with Crippen molar-refractivity contribution in [2.75, 3.05) is 32.8 Å². The molecule has 0 bridgehead atoms. The van der Waals surface area contributed by atoms with Gasteiger partial charge in [-0.2, -0.15) is 4.68 Å². The maximum Gasteiger partial charge on any atom is 0.409 e. The van der Waals surface area contributed by atoms with Crippen molar-refractivity contribution in [3.63, 3.8) is 0 Å². The molecule has 9 nitrogen and oxygen atoms in total. The maximum atomic E-state index is 12.9. The van der Waals surface area contributed by atoms with E-state index in [0.717, 1.165) is 0 Å². The smallest absolute Gasteiger partial charge is 0.409 e. The summed E-state index contributed by atoms with van der Waals surface area (Å²) in [6.45, 7) is 5.72. The Balaban J connectivity index is 1.75. The number of aromatic nitrogens is 4. The van der Waals surface area contributed by atoms with Crippen molar-refractivity contribution < 1.29 is 14.3 Å². The van der Waals surface area contributed by atoms with Crippen LogP contribution < -0.4 is 0 Å². The number of benzene rings is 1. The lowest BCUT2D eigenvalue weighted by atomic mass is 10.1. The average Bonchev–Trinajstić information content (AvgIpc) is 3.07. The molecule has 0 atom stereocenters. The predicted octanol–water partition coefficient (Wildman–Crippen LogP) is 0.885. The van der Waals surface area contributed by atoms with Crippen molar-refractivity contribution >= 4 is 12.0 Å². The Hall–Kier alpha value is -2.97. The zero-order valence-corrected chi connectivity index (χ0v) is 14.3. The Morgan fingerprint density at radius 1 is 1.12 bits per heavy atom. The Bertz CT molecular complexity index is 767. The van der Waals surface area contributed by atoms with Crippen molar-refractivity contribution in [1.29, 1.82) is 0 Å². The first-order valence-corrected chi connectivity index (χ1v) is 8.17. The van der Waals surface area contributed by atoms with E-state index in [2.05, 4.69) is 15.5 Å². The highest BCUT2D eigenvalue weighted by molar-refractivity contribution is 5.97. The normalized spacial score (nSPS) is 14.5. The van der Waals surface area contributed by atoms with E-state index in [4.69, 9.17) is 4.74 Å². The second kappa shape index (κ2) is 7.29. The molecular weight excluding hydrogens is 324 g/mol. The van der Waals surface area contributed by atoms with E-state index in [9.17, 15) is 9.59 Å². The first-order valence-electron chi connectivity index (χ1n) is 8.17. The van der Waals surface area contributed by atoms with Crippen molar-refractivity contribution in [2.45, 2.75) is 13.8 Å². The molecule has 0 saturated carbocycles. The lowest BCUT2D eigenvalue weighted by molar-refractivity contribution is 0.0570. The van der Waals surface area contributed by atoms with Crippen LogP contribution in [0.4, 0.5) is 4.79 Å². The van der Waals surface area contributed by atoms with E-state index < -0.39 is 0 Å². The third-order valence-corrected chi connectivity index (χ3v) is 4.08. The first kappa shape index (κ1) is 16.9. The number of para-hydroxylation sites is 1. The molecule has 2 heterocycles. The van der Waals surface area contributed by atoms with E-state index in [1.807, 2.05) is 18.2 Å². The molecule has 1 aromatic heterocycles. The first-order chi connectivity index (χ1) is 12.1. The fourth-order valence-electron chi connectivity index (χ4n) is 2.77. The van der Waals surface area contributed by atoms with Gasteiger partial charge in [-0.3, -0.25) is 4.79 Å². The number of ether oxygens (including phenoxy) is 1. The van der Waals surface area contributed by atoms with Crippen LogP contribution in [-0.2, 0) is 4.74 Å². The number of hydrogen-bond donors (Lipinski definition) is 0. The predicted molar refractivity (Wildman–Crippen MR) is 88.4 cm³/mol. The van der Waals surface area contributed by atoms with Gasteiger partial charge in [0.15, 0.2) is 5.82 Å². The van der Waals surface area contributed by atoms with Gasteiger partial charge in [0.25, 0.3) is 5.91 Å². The van der Waals surface area contributed by atoms with Crippen molar-refractivity contribution in [2.24, 2.45) is 0 Å². The van der Waals surface area contributed by atoms with E-state index in [0.29, 0.717) is 49.9 Å². The van der Waals surface area contributed by atoms with Gasteiger partial charge in [-0.1, -0.05) is 12.1 Å². The second-order valence-corrected chi connectivity index (χ2v) is 5.63. The van der Waals surface area contributed by atoms with Crippen LogP contribution >= 0.6 is 0 Å². The molecule has 2 aromatic rings. The summed E-state index contributed by atoms with van der Waals surface area (Å²) in [6, 6.07) is 7.22. The number of amides is 2. The van der Waals surface area contributed by atoms with Gasteiger partial charge in [0.2, 0.25) is 0 Å². The fourth-order valence-corrected chi connectivity index (χ4v) is 2.77. The summed E-state index contributed by atoms with van der Waals surface area (Å²) in [5, 5.41) is 11.5. The van der Waals surface area contributed by atoms with Crippen LogP contribution in [0.15, 0.2) is 24.3 Å². The SMILES string of the molecule is CCOC(=O)N1CCN(C(=O)c2ccccc2-n2nnnc2C)CC1. The largest absolute Gasteiger partial charge is 0.450 e. The lowest BCUT2D eigenvalue weighted by Gasteiger charge is -2.34. The van der Waals surface area contributed by atoms with E-state index in [1.54, 1.807) is 34.4 Å². The maximum absolute atomic E-state index is 12.9. The van der Waals surface area contributed by atoms with Gasteiger partial charge in [0.1, 0.15) is 0 Å². The van der Waals surface area contributed by atoms with Crippen LogP contribution in [0.3, 0.4) is 0 Å². The molecule has 132 valence electrons. The molecule has 9 heteroatoms. The number of aryl methyl sites for hydroxylation is 1. The van der Waals surface area contributed by atoms with Gasteiger partial charge in [0, 0.05) is 26.2 Å². The Kier molecular flexibility index (Phi) is 4.92. The summed E-state index contributed by atoms with van der Waals surface area (Å²) >= 11 is 0. The molecule has 1 saturated heterocycles. The van der Waals surface area contributed by atoms with Crippen LogP contribution in [-0.4, -0.2) is 74.8 Å². The third kappa shape index (κ3) is 3.44. The molecular formula is C16H20N6O3. The number of carbonyl (C=O) groups excluding carboxylic acids is 2. The molecule has 25 heavy (non-hydrogen) atoms. The van der Waals surface area contributed by atoms with Gasteiger partial charge in [0.05, 0.1) is 17.9 Å². The quantitative estimate of drug-likeness (QED) is 0.821. The molecule has 0 radical (unpaired) electrons. The second-order valence-electron chi connectivity index (χ2n) is 5.63. The van der Waals surface area contributed by atoms with Crippen molar-refractivity contribution in [1.82, 2.24) is 30.0 Å². The van der Waals surface area contributed by atoms with Gasteiger partial charge in [-0.25, -0.2) is 4.79 Å². The molecule has 1 aromatic carbocycles. The highest BCUT2D eigenvalue weighted by Gasteiger charge is 2.27. The van der Waals surface area contributed by atoms with Crippen LogP contribution in [0.1, 0.15) is 23.1 Å². The Morgan fingerprint density at radius 2 is 1.80 bits per heavy atom. The summed E-state index contributed by atoms with van der Waals surface area (Å²) in [6.07, 6.45) is -0.334. The van der Waals surface area contributed by atoms with Gasteiger partial charge < -0.3 is 14.5 Å². The van der Waals surface area contributed by atoms with Crippen LogP contribution in [0.5, 0.6) is 0 Å². The number of rotatable bonds is 3. The topological polar surface area (TPSA) is 93.5 Å². The fraction of sp³-hybridized carbons (Fsp3) is 0.438. The van der Waals surface area contributed by atoms with Gasteiger partial charge in [-0.05, 0) is 36.4 Å². The molecule has 0 unspecified atom stereocenters. The standard InChI is InChI=1S/C16H20N6O3/c1-3-25-16(24)21-10-8-20(9-11-21)15(23)13-6-4-5-7-14(13)22-12(2)17-18-19-22/h4-7H,3,8-11H2,1-2H3. The van der Waals surface area contributed by atoms with Crippen LogP contribution in [0, 0.1) is 6.92 Å². The minimum absolute atomic E-state index is 0.103. The number of nitrogens with zero attached hydrogens (tertiary/aromatic N) is 6. The molecule has 0 N–H and O–H groups in total. The summed E-state index contributed by atoms with van der Waals surface area (Å²) < 4.78 is 6.54. The summed E-state index contributed by atoms with van der Waals surface area (Å²) in [4.78, 5) is 28.1. The molecule has 1 aliphatic heterocycles. The molecule has 1 fully saturated rings. The zero-order valence-electron chi connectivity index (χ0n) is 14.3. The number of piperazine rings is 1. The Labute approximate surface area is 145 Å². The van der Waals surface area contributed by atoms with Gasteiger partial charge in [-0.15, -0.1) is 5.10 Å². The highest BCUT2D eigenvalue weighted by atomic mass is 16.6. The molecule has 1 aliphatic rings. The third-order valence-electron chi connectivity index (χ3n) is 4.08. The number of hydrogen-bond acceptors (Lipinski definition) is 6. The van der Waals surface area contributed by atoms with Gasteiger partial charge >= 0.3 is 6.09 Å². The summed E-state index contributed by atoms with van der Waals surface area (Å²) in [5.74, 6) is 0.501. The van der Waals surface area contributed by atoms with E-state index >= 15 is 0 Å². The average molecular weight is 344 g/mol. The minimum Gasteiger partial charge on any atom is -0.450 e. The monoisotopic (exact) mass is 344 g/mol. The van der Waals surface area contributed by atoms with Crippen molar-refractivity contribution in [3.8, 4) is 5.69 Å². The Morgan fingerprint density at radius 3 is 2.44 bits per heavy atom. The van der Waals surface area contributed by atoms with Crippen LogP contribution in [0.25, 0.3) is 5.69 Å². The number of tetrazole rings is 1. The highest BCUT2D eigenvalue weighted by Crippen LogP contribution is 2.18. The molecule has 2 amide bonds.